The molecule has 164 valence electrons. The van der Waals surface area contributed by atoms with Gasteiger partial charge in [0.05, 0.1) is 7.11 Å². The maximum Gasteiger partial charge on any atom is 0.268 e. The van der Waals surface area contributed by atoms with Gasteiger partial charge in [-0.1, -0.05) is 40.5 Å². The van der Waals surface area contributed by atoms with Crippen molar-refractivity contribution >= 4 is 16.8 Å². The van der Waals surface area contributed by atoms with E-state index < -0.39 is 0 Å². The molecule has 1 amide bonds. The molecule has 2 aliphatic rings. The van der Waals surface area contributed by atoms with Gasteiger partial charge in [0, 0.05) is 23.5 Å². The Balaban J connectivity index is 1.72. The second kappa shape index (κ2) is 7.62. The largest absolute Gasteiger partial charge is 0.497 e. The quantitative estimate of drug-likeness (QED) is 0.561. The molecule has 4 heteroatoms. The first-order valence-corrected chi connectivity index (χ1v) is 11.7. The van der Waals surface area contributed by atoms with E-state index in [1.54, 1.807) is 7.11 Å². The number of fused-ring (bicyclic) bond motifs is 3. The minimum atomic E-state index is 0.0889. The number of nitrogens with zero attached hydrogens (tertiary/aromatic N) is 1. The van der Waals surface area contributed by atoms with Gasteiger partial charge in [-0.15, -0.1) is 0 Å². The molecule has 0 aliphatic heterocycles. The van der Waals surface area contributed by atoms with Gasteiger partial charge < -0.3 is 14.6 Å². The average molecular weight is 411 g/mol. The van der Waals surface area contributed by atoms with E-state index in [4.69, 9.17) is 4.74 Å². The van der Waals surface area contributed by atoms with E-state index in [-0.39, 0.29) is 22.8 Å². The summed E-state index contributed by atoms with van der Waals surface area (Å²) >= 11 is 0. The molecule has 2 fully saturated rings. The zero-order chi connectivity index (χ0) is 21.7. The van der Waals surface area contributed by atoms with Crippen LogP contribution in [0.2, 0.25) is 0 Å². The number of nitrogens with one attached hydrogen (secondary N) is 1. The van der Waals surface area contributed by atoms with Crippen molar-refractivity contribution in [3.8, 4) is 5.75 Å². The Hall–Kier alpha value is -1.97. The molecule has 2 saturated carbocycles. The number of carbonyl (C=O) groups excluding carboxylic acids is 1. The van der Waals surface area contributed by atoms with E-state index in [1.165, 1.54) is 32.1 Å². The van der Waals surface area contributed by atoms with Gasteiger partial charge >= 0.3 is 0 Å². The summed E-state index contributed by atoms with van der Waals surface area (Å²) in [5.74, 6) is 1.64. The van der Waals surface area contributed by atoms with Crippen LogP contribution in [-0.4, -0.2) is 23.6 Å². The molecule has 0 spiro atoms. The maximum absolute atomic E-state index is 13.7. The second-order valence-electron chi connectivity index (χ2n) is 10.5. The Morgan fingerprint density at radius 1 is 1.27 bits per heavy atom. The molecule has 0 radical (unpaired) electrons. The molecule has 30 heavy (non-hydrogen) atoms. The molecule has 1 aromatic heterocycles. The van der Waals surface area contributed by atoms with Crippen molar-refractivity contribution in [1.82, 2.24) is 9.88 Å². The predicted molar refractivity (Wildman–Crippen MR) is 123 cm³/mol. The number of rotatable bonds is 7. The Morgan fingerprint density at radius 2 is 2.03 bits per heavy atom. The molecule has 0 saturated heterocycles. The summed E-state index contributed by atoms with van der Waals surface area (Å²) in [6, 6.07) is 6.40. The third-order valence-electron chi connectivity index (χ3n) is 8.27. The van der Waals surface area contributed by atoms with Crippen LogP contribution in [0, 0.1) is 23.7 Å². The molecule has 4 nitrogen and oxygen atoms in total. The number of aromatic nitrogens is 1. The molecule has 4 rings (SSSR count). The molecule has 2 bridgehead atoms. The molecular formula is C26H38N2O2. The van der Waals surface area contributed by atoms with Crippen molar-refractivity contribution in [1.29, 1.82) is 0 Å². The van der Waals surface area contributed by atoms with Crippen molar-refractivity contribution in [2.75, 3.05) is 7.11 Å². The first-order chi connectivity index (χ1) is 14.2. The molecule has 1 N–H and O–H groups in total. The van der Waals surface area contributed by atoms with Gasteiger partial charge in [-0.25, -0.2) is 0 Å². The normalized spacial score (nSPS) is 27.0. The van der Waals surface area contributed by atoms with Gasteiger partial charge in [0.1, 0.15) is 11.4 Å². The Bertz CT molecular complexity index is 953. The summed E-state index contributed by atoms with van der Waals surface area (Å²) in [7, 11) is 1.69. The van der Waals surface area contributed by atoms with E-state index in [1.807, 2.05) is 6.07 Å². The van der Waals surface area contributed by atoms with Crippen LogP contribution in [0.3, 0.4) is 0 Å². The Morgan fingerprint density at radius 3 is 2.67 bits per heavy atom. The Kier molecular flexibility index (Phi) is 5.40. The molecule has 2 unspecified atom stereocenters. The molecule has 3 atom stereocenters. The number of benzene rings is 1. The zero-order valence-corrected chi connectivity index (χ0v) is 19.6. The molecule has 2 aliphatic carbocycles. The third-order valence-corrected chi connectivity index (χ3v) is 8.27. The summed E-state index contributed by atoms with van der Waals surface area (Å²) in [6.07, 6.45) is 7.18. The summed E-state index contributed by atoms with van der Waals surface area (Å²) < 4.78 is 7.70. The van der Waals surface area contributed by atoms with Gasteiger partial charge in [-0.05, 0) is 73.1 Å². The summed E-state index contributed by atoms with van der Waals surface area (Å²) in [5, 5.41) is 4.65. The van der Waals surface area contributed by atoms with E-state index in [0.29, 0.717) is 5.92 Å². The van der Waals surface area contributed by atoms with Crippen LogP contribution >= 0.6 is 0 Å². The summed E-state index contributed by atoms with van der Waals surface area (Å²) in [6.45, 7) is 12.3. The number of hydrogen-bond acceptors (Lipinski definition) is 2. The van der Waals surface area contributed by atoms with E-state index in [2.05, 4.69) is 56.6 Å². The first kappa shape index (κ1) is 21.3. The van der Waals surface area contributed by atoms with Gasteiger partial charge in [0.25, 0.3) is 5.91 Å². The lowest BCUT2D eigenvalue weighted by atomic mass is 9.68. The number of carbonyl (C=O) groups is 1. The second-order valence-corrected chi connectivity index (χ2v) is 10.5. The standard InChI is InChI=1S/C26H38N2O2/c1-7-8-9-14-28-21-11-10-19(30-6)15-20(21)17(2)22(28)23(29)27-24-25(3,4)18-12-13-26(24,5)16-18/h10-11,15,18,24H,7-9,12-14,16H2,1-6H3,(H,27,29)/t18?,24?,26-/m1/s1. The third kappa shape index (κ3) is 3.23. The van der Waals surface area contributed by atoms with Gasteiger partial charge in [-0.3, -0.25) is 4.79 Å². The van der Waals surface area contributed by atoms with Crippen molar-refractivity contribution in [2.24, 2.45) is 16.7 Å². The number of hydrogen-bond donors (Lipinski definition) is 1. The minimum absolute atomic E-state index is 0.0889. The Labute approximate surface area is 181 Å². The van der Waals surface area contributed by atoms with Gasteiger partial charge in [-0.2, -0.15) is 0 Å². The van der Waals surface area contributed by atoms with Gasteiger partial charge in [0.15, 0.2) is 0 Å². The van der Waals surface area contributed by atoms with Crippen molar-refractivity contribution < 1.29 is 9.53 Å². The number of ether oxygens (including phenoxy) is 1. The van der Waals surface area contributed by atoms with Crippen molar-refractivity contribution in [2.45, 2.75) is 85.7 Å². The van der Waals surface area contributed by atoms with Gasteiger partial charge in [0.2, 0.25) is 0 Å². The SMILES string of the molecule is CCCCCn1c(C(=O)NC2C(C)(C)C3CC[C@]2(C)C3)c(C)c2cc(OC)ccc21. The van der Waals surface area contributed by atoms with Crippen LogP contribution in [-0.2, 0) is 6.54 Å². The number of amides is 1. The fraction of sp³-hybridized carbons (Fsp3) is 0.654. The van der Waals surface area contributed by atoms with Crippen molar-refractivity contribution in [3.63, 3.8) is 0 Å². The lowest BCUT2D eigenvalue weighted by Crippen LogP contribution is -2.52. The molecule has 2 aromatic rings. The molecule has 1 aromatic carbocycles. The minimum Gasteiger partial charge on any atom is -0.497 e. The smallest absolute Gasteiger partial charge is 0.268 e. The van der Waals surface area contributed by atoms with Crippen LogP contribution in [0.5, 0.6) is 5.75 Å². The fourth-order valence-electron chi connectivity index (χ4n) is 6.54. The molecule has 1 heterocycles. The monoisotopic (exact) mass is 410 g/mol. The predicted octanol–water partition coefficient (Wildman–Crippen LogP) is 6.09. The highest BCUT2D eigenvalue weighted by Crippen LogP contribution is 2.62. The fourth-order valence-corrected chi connectivity index (χ4v) is 6.54. The number of unbranched alkanes of at least 4 members (excludes halogenated alkanes) is 2. The lowest BCUT2D eigenvalue weighted by Gasteiger charge is -2.43. The molecular weight excluding hydrogens is 372 g/mol. The van der Waals surface area contributed by atoms with Crippen LogP contribution in [0.15, 0.2) is 18.2 Å². The number of aryl methyl sites for hydroxylation is 2. The van der Waals surface area contributed by atoms with Crippen molar-refractivity contribution in [3.05, 3.63) is 29.5 Å². The van der Waals surface area contributed by atoms with E-state index in [0.717, 1.165) is 40.9 Å². The topological polar surface area (TPSA) is 43.3 Å². The highest BCUT2D eigenvalue weighted by Gasteiger charge is 2.59. The lowest BCUT2D eigenvalue weighted by molar-refractivity contribution is 0.0729. The van der Waals surface area contributed by atoms with Crippen LogP contribution in [0.1, 0.15) is 82.3 Å². The van der Waals surface area contributed by atoms with E-state index >= 15 is 0 Å². The summed E-state index contributed by atoms with van der Waals surface area (Å²) in [5.41, 5.74) is 3.40. The highest BCUT2D eigenvalue weighted by atomic mass is 16.5. The zero-order valence-electron chi connectivity index (χ0n) is 19.6. The van der Waals surface area contributed by atoms with Crippen LogP contribution in [0.25, 0.3) is 10.9 Å². The van der Waals surface area contributed by atoms with E-state index in [9.17, 15) is 4.79 Å². The van der Waals surface area contributed by atoms with Crippen LogP contribution < -0.4 is 10.1 Å². The first-order valence-electron chi connectivity index (χ1n) is 11.7. The van der Waals surface area contributed by atoms with Crippen LogP contribution in [0.4, 0.5) is 0 Å². The average Bonchev–Trinajstić information content (AvgIpc) is 3.30. The number of methoxy groups -OCH3 is 1. The summed E-state index contributed by atoms with van der Waals surface area (Å²) in [4.78, 5) is 13.7. The highest BCUT2D eigenvalue weighted by molar-refractivity contribution is 6.02. The maximum atomic E-state index is 13.7.